The molecule has 0 radical (unpaired) electrons. The quantitative estimate of drug-likeness (QED) is 0.842. The van der Waals surface area contributed by atoms with Gasteiger partial charge in [-0.05, 0) is 56.5 Å². The molecule has 1 aliphatic heterocycles. The molecule has 0 aromatic rings. The molecule has 0 bridgehead atoms. The Balaban J connectivity index is 2.04. The van der Waals surface area contributed by atoms with Crippen LogP contribution in [0.4, 0.5) is 0 Å². The number of rotatable bonds is 5. The molecule has 2 aliphatic rings. The van der Waals surface area contributed by atoms with Crippen LogP contribution in [-0.2, 0) is 4.74 Å². The summed E-state index contributed by atoms with van der Waals surface area (Å²) in [5.74, 6) is 0.699. The zero-order chi connectivity index (χ0) is 15.5. The van der Waals surface area contributed by atoms with E-state index in [-0.39, 0.29) is 0 Å². The molecule has 1 saturated carbocycles. The molecule has 0 spiro atoms. The fraction of sp³-hybridized carbons (Fsp3) is 1.00. The van der Waals surface area contributed by atoms with Crippen LogP contribution in [0.2, 0.25) is 0 Å². The molecule has 3 heteroatoms. The predicted octanol–water partition coefficient (Wildman–Crippen LogP) is 3.29. The molecule has 1 heterocycles. The Bertz CT molecular complexity index is 318. The lowest BCUT2D eigenvalue weighted by Gasteiger charge is -2.49. The summed E-state index contributed by atoms with van der Waals surface area (Å²) in [7, 11) is 1.88. The van der Waals surface area contributed by atoms with Crippen molar-refractivity contribution < 1.29 is 4.74 Å². The van der Waals surface area contributed by atoms with Gasteiger partial charge in [0, 0.05) is 25.7 Å². The van der Waals surface area contributed by atoms with Gasteiger partial charge in [-0.25, -0.2) is 0 Å². The van der Waals surface area contributed by atoms with E-state index in [9.17, 15) is 0 Å². The third kappa shape index (κ3) is 4.43. The zero-order valence-corrected chi connectivity index (χ0v) is 14.8. The minimum Gasteiger partial charge on any atom is -0.380 e. The highest BCUT2D eigenvalue weighted by atomic mass is 16.5. The summed E-state index contributed by atoms with van der Waals surface area (Å²) in [6.45, 7) is 13.0. The minimum absolute atomic E-state index is 0.413. The highest BCUT2D eigenvalue weighted by Crippen LogP contribution is 2.38. The van der Waals surface area contributed by atoms with Crippen LogP contribution < -0.4 is 5.32 Å². The molecule has 2 rings (SSSR count). The van der Waals surface area contributed by atoms with Gasteiger partial charge in [0.25, 0.3) is 0 Å². The molecular formula is C18H36N2O. The van der Waals surface area contributed by atoms with Crippen LogP contribution >= 0.6 is 0 Å². The van der Waals surface area contributed by atoms with Crippen LogP contribution in [0.3, 0.4) is 0 Å². The molecular weight excluding hydrogens is 260 g/mol. The maximum atomic E-state index is 5.73. The molecule has 4 atom stereocenters. The maximum absolute atomic E-state index is 5.73. The molecule has 1 N–H and O–H groups in total. The van der Waals surface area contributed by atoms with E-state index in [1.165, 1.54) is 38.6 Å². The number of hydrogen-bond donors (Lipinski definition) is 1. The van der Waals surface area contributed by atoms with Crippen molar-refractivity contribution in [2.75, 3.05) is 26.7 Å². The van der Waals surface area contributed by atoms with Crippen LogP contribution in [0.15, 0.2) is 0 Å². The Hall–Kier alpha value is -0.120. The SMILES string of the molecule is CCCNC1CCC(C)(C)CC1N1CCC(C)C(OC)C1. The lowest BCUT2D eigenvalue weighted by molar-refractivity contribution is -0.0400. The van der Waals surface area contributed by atoms with Gasteiger partial charge in [0.2, 0.25) is 0 Å². The van der Waals surface area contributed by atoms with E-state index in [4.69, 9.17) is 4.74 Å². The first-order valence-electron chi connectivity index (χ1n) is 8.97. The van der Waals surface area contributed by atoms with Crippen molar-refractivity contribution in [1.29, 1.82) is 0 Å². The third-order valence-corrected chi connectivity index (χ3v) is 5.71. The normalized spacial score (nSPS) is 37.6. The molecule has 0 amide bonds. The van der Waals surface area contributed by atoms with Crippen LogP contribution in [0.25, 0.3) is 0 Å². The zero-order valence-electron chi connectivity index (χ0n) is 14.8. The first-order chi connectivity index (χ1) is 9.96. The van der Waals surface area contributed by atoms with Gasteiger partial charge in [0.05, 0.1) is 6.10 Å². The smallest absolute Gasteiger partial charge is 0.0724 e. The number of likely N-dealkylation sites (tertiary alicyclic amines) is 1. The molecule has 124 valence electrons. The summed E-state index contributed by atoms with van der Waals surface area (Å²) in [6, 6.07) is 1.36. The van der Waals surface area contributed by atoms with Gasteiger partial charge in [-0.15, -0.1) is 0 Å². The summed E-state index contributed by atoms with van der Waals surface area (Å²) in [6.07, 6.45) is 6.90. The van der Waals surface area contributed by atoms with E-state index in [1.54, 1.807) is 0 Å². The highest BCUT2D eigenvalue weighted by molar-refractivity contribution is 4.96. The average molecular weight is 296 g/mol. The number of piperidine rings is 1. The Kier molecular flexibility index (Phi) is 6.10. The Morgan fingerprint density at radius 1 is 1.29 bits per heavy atom. The van der Waals surface area contributed by atoms with Gasteiger partial charge >= 0.3 is 0 Å². The van der Waals surface area contributed by atoms with Gasteiger partial charge in [0.1, 0.15) is 0 Å². The van der Waals surface area contributed by atoms with Gasteiger partial charge in [-0.3, -0.25) is 4.90 Å². The van der Waals surface area contributed by atoms with Crippen LogP contribution in [-0.4, -0.2) is 49.8 Å². The van der Waals surface area contributed by atoms with Crippen LogP contribution in [0, 0.1) is 11.3 Å². The predicted molar refractivity (Wildman–Crippen MR) is 89.7 cm³/mol. The van der Waals surface area contributed by atoms with Crippen LogP contribution in [0.5, 0.6) is 0 Å². The molecule has 0 aromatic heterocycles. The number of nitrogens with one attached hydrogen (secondary N) is 1. The van der Waals surface area contributed by atoms with E-state index in [0.29, 0.717) is 29.5 Å². The Morgan fingerprint density at radius 3 is 2.71 bits per heavy atom. The summed E-state index contributed by atoms with van der Waals surface area (Å²) >= 11 is 0. The minimum atomic E-state index is 0.413. The molecule has 1 saturated heterocycles. The number of nitrogens with zero attached hydrogens (tertiary/aromatic N) is 1. The van der Waals surface area contributed by atoms with Crippen LogP contribution in [0.1, 0.15) is 59.8 Å². The Morgan fingerprint density at radius 2 is 2.05 bits per heavy atom. The van der Waals surface area contributed by atoms with Crippen molar-refractivity contribution in [1.82, 2.24) is 10.2 Å². The van der Waals surface area contributed by atoms with Crippen molar-refractivity contribution >= 4 is 0 Å². The molecule has 21 heavy (non-hydrogen) atoms. The summed E-state index contributed by atoms with van der Waals surface area (Å²) in [5, 5.41) is 3.82. The molecule has 4 unspecified atom stereocenters. The molecule has 2 fully saturated rings. The number of ether oxygens (including phenoxy) is 1. The van der Waals surface area contributed by atoms with Gasteiger partial charge in [-0.1, -0.05) is 27.7 Å². The largest absolute Gasteiger partial charge is 0.380 e. The van der Waals surface area contributed by atoms with Gasteiger partial charge in [0.15, 0.2) is 0 Å². The Labute approximate surface area is 131 Å². The van der Waals surface area contributed by atoms with E-state index < -0.39 is 0 Å². The first kappa shape index (κ1) is 17.2. The van der Waals surface area contributed by atoms with E-state index in [2.05, 4.69) is 37.9 Å². The topological polar surface area (TPSA) is 24.5 Å². The van der Waals surface area contributed by atoms with Crippen molar-refractivity contribution in [3.8, 4) is 0 Å². The summed E-state index contributed by atoms with van der Waals surface area (Å²) < 4.78 is 5.73. The van der Waals surface area contributed by atoms with E-state index >= 15 is 0 Å². The van der Waals surface area contributed by atoms with Crippen molar-refractivity contribution in [2.45, 2.75) is 78.0 Å². The standard InChI is InChI=1S/C18H36N2O/c1-6-10-19-15-7-9-18(3,4)12-16(15)20-11-8-14(2)17(13-20)21-5/h14-17,19H,6-13H2,1-5H3. The lowest BCUT2D eigenvalue weighted by Crippen LogP contribution is -2.58. The second kappa shape index (κ2) is 7.43. The van der Waals surface area contributed by atoms with Gasteiger partial charge in [-0.2, -0.15) is 0 Å². The highest BCUT2D eigenvalue weighted by Gasteiger charge is 2.40. The molecule has 0 aromatic carbocycles. The molecule has 1 aliphatic carbocycles. The van der Waals surface area contributed by atoms with E-state index in [0.717, 1.165) is 13.1 Å². The van der Waals surface area contributed by atoms with Crippen molar-refractivity contribution in [2.24, 2.45) is 11.3 Å². The number of methoxy groups -OCH3 is 1. The first-order valence-corrected chi connectivity index (χ1v) is 8.97. The second-order valence-corrected chi connectivity index (χ2v) is 8.07. The maximum Gasteiger partial charge on any atom is 0.0724 e. The fourth-order valence-corrected chi connectivity index (χ4v) is 4.17. The average Bonchev–Trinajstić information content (AvgIpc) is 2.46. The lowest BCUT2D eigenvalue weighted by atomic mass is 9.72. The summed E-state index contributed by atoms with van der Waals surface area (Å²) in [4.78, 5) is 2.72. The van der Waals surface area contributed by atoms with Crippen molar-refractivity contribution in [3.05, 3.63) is 0 Å². The molecule has 3 nitrogen and oxygen atoms in total. The van der Waals surface area contributed by atoms with Gasteiger partial charge < -0.3 is 10.1 Å². The monoisotopic (exact) mass is 296 g/mol. The van der Waals surface area contributed by atoms with E-state index in [1.807, 2.05) is 7.11 Å². The third-order valence-electron chi connectivity index (χ3n) is 5.71. The number of hydrogen-bond acceptors (Lipinski definition) is 3. The fourth-order valence-electron chi connectivity index (χ4n) is 4.17. The van der Waals surface area contributed by atoms with Crippen molar-refractivity contribution in [3.63, 3.8) is 0 Å². The second-order valence-electron chi connectivity index (χ2n) is 8.07. The summed E-state index contributed by atoms with van der Waals surface area (Å²) in [5.41, 5.74) is 0.487.